The smallest absolute Gasteiger partial charge is 0.214 e. The maximum atomic E-state index is 6.08. The molecule has 6 heteroatoms. The Morgan fingerprint density at radius 3 is 2.50 bits per heavy atom. The lowest BCUT2D eigenvalue weighted by Crippen LogP contribution is -1.98. The number of hydrogen-bond acceptors (Lipinski definition) is 3. The molecule has 90 valence electrons. The normalized spacial score (nSPS) is 11.1. The zero-order valence-electron chi connectivity index (χ0n) is 9.43. The lowest BCUT2D eigenvalue weighted by molar-refractivity contribution is 0.876. The van der Waals surface area contributed by atoms with E-state index < -0.39 is 0 Å². The number of rotatable bonds is 1. The fourth-order valence-corrected chi connectivity index (χ4v) is 2.37. The van der Waals surface area contributed by atoms with Crippen LogP contribution in [0.2, 0.25) is 10.4 Å². The predicted octanol–water partition coefficient (Wildman–Crippen LogP) is 3.43. The molecule has 2 heterocycles. The van der Waals surface area contributed by atoms with Crippen molar-refractivity contribution in [2.45, 2.75) is 6.92 Å². The van der Waals surface area contributed by atoms with Crippen LogP contribution in [0, 0.1) is 6.92 Å². The largest absolute Gasteiger partial charge is 0.225 e. The fraction of sp³-hybridized carbons (Fsp3) is 0.0833. The molecule has 0 amide bonds. The van der Waals surface area contributed by atoms with Crippen LogP contribution in [-0.4, -0.2) is 19.7 Å². The van der Waals surface area contributed by atoms with Crippen LogP contribution in [0.5, 0.6) is 0 Å². The highest BCUT2D eigenvalue weighted by atomic mass is 35.5. The van der Waals surface area contributed by atoms with Gasteiger partial charge >= 0.3 is 0 Å². The Morgan fingerprint density at radius 1 is 1.06 bits per heavy atom. The summed E-state index contributed by atoms with van der Waals surface area (Å²) in [6, 6.07) is 9.69. The van der Waals surface area contributed by atoms with Gasteiger partial charge in [-0.1, -0.05) is 29.8 Å². The average Bonchev–Trinajstić information content (AvgIpc) is 2.67. The van der Waals surface area contributed by atoms with Crippen LogP contribution < -0.4 is 0 Å². The van der Waals surface area contributed by atoms with Crippen molar-refractivity contribution in [2.24, 2.45) is 0 Å². The minimum atomic E-state index is 0.115. The number of halogens is 2. The first kappa shape index (κ1) is 11.4. The molecule has 0 aliphatic carbocycles. The lowest BCUT2D eigenvalue weighted by Gasteiger charge is -2.02. The maximum Gasteiger partial charge on any atom is 0.225 e. The summed E-state index contributed by atoms with van der Waals surface area (Å²) in [6.07, 6.45) is 0. The molecule has 18 heavy (non-hydrogen) atoms. The van der Waals surface area contributed by atoms with E-state index in [-0.39, 0.29) is 5.28 Å². The molecule has 0 atom stereocenters. The summed E-state index contributed by atoms with van der Waals surface area (Å²) in [5.41, 5.74) is 2.29. The van der Waals surface area contributed by atoms with Gasteiger partial charge in [-0.15, -0.1) is 0 Å². The molecule has 1 aromatic carbocycles. The van der Waals surface area contributed by atoms with Gasteiger partial charge in [-0.2, -0.15) is 10.1 Å². The van der Waals surface area contributed by atoms with Crippen LogP contribution >= 0.6 is 23.2 Å². The molecule has 0 aliphatic rings. The van der Waals surface area contributed by atoms with Crippen LogP contribution in [0.1, 0.15) is 5.69 Å². The Hall–Kier alpha value is -1.65. The quantitative estimate of drug-likeness (QED) is 0.506. The second kappa shape index (κ2) is 4.23. The van der Waals surface area contributed by atoms with Crippen molar-refractivity contribution in [3.63, 3.8) is 0 Å². The van der Waals surface area contributed by atoms with Crippen LogP contribution in [0.25, 0.3) is 16.7 Å². The fourth-order valence-electron chi connectivity index (χ4n) is 1.86. The Labute approximate surface area is 113 Å². The van der Waals surface area contributed by atoms with Crippen LogP contribution in [0.4, 0.5) is 0 Å². The average molecular weight is 279 g/mol. The summed E-state index contributed by atoms with van der Waals surface area (Å²) in [4.78, 5) is 8.14. The van der Waals surface area contributed by atoms with E-state index in [0.717, 1.165) is 16.8 Å². The van der Waals surface area contributed by atoms with Gasteiger partial charge in [0, 0.05) is 0 Å². The Balaban J connectivity index is 2.38. The maximum absolute atomic E-state index is 6.08. The minimum absolute atomic E-state index is 0.115. The summed E-state index contributed by atoms with van der Waals surface area (Å²) in [5, 5.41) is 5.60. The molecule has 0 fully saturated rings. The van der Waals surface area contributed by atoms with Crippen LogP contribution in [0.3, 0.4) is 0 Å². The summed E-state index contributed by atoms with van der Waals surface area (Å²) in [5.74, 6) is 0. The molecule has 3 rings (SSSR count). The molecule has 0 saturated heterocycles. The van der Waals surface area contributed by atoms with Crippen molar-refractivity contribution in [1.82, 2.24) is 19.7 Å². The monoisotopic (exact) mass is 278 g/mol. The topological polar surface area (TPSA) is 43.6 Å². The van der Waals surface area contributed by atoms with E-state index >= 15 is 0 Å². The Kier molecular flexibility index (Phi) is 2.69. The van der Waals surface area contributed by atoms with Gasteiger partial charge in [-0.25, -0.2) is 9.67 Å². The van der Waals surface area contributed by atoms with Crippen molar-refractivity contribution >= 4 is 34.2 Å². The van der Waals surface area contributed by atoms with Crippen molar-refractivity contribution < 1.29 is 0 Å². The number of benzene rings is 1. The molecule has 0 radical (unpaired) electrons. The number of para-hydroxylation sites is 1. The zero-order valence-corrected chi connectivity index (χ0v) is 10.9. The molecule has 0 saturated carbocycles. The summed E-state index contributed by atoms with van der Waals surface area (Å²) in [7, 11) is 0. The molecule has 0 unspecified atom stereocenters. The molecule has 0 bridgehead atoms. The van der Waals surface area contributed by atoms with E-state index in [1.54, 1.807) is 4.68 Å². The summed E-state index contributed by atoms with van der Waals surface area (Å²) < 4.78 is 1.71. The first-order valence-electron chi connectivity index (χ1n) is 5.30. The van der Waals surface area contributed by atoms with Gasteiger partial charge in [-0.05, 0) is 30.7 Å². The Bertz CT molecular complexity index is 722. The molecular formula is C12H8Cl2N4. The highest BCUT2D eigenvalue weighted by Gasteiger charge is 2.15. The number of hydrogen-bond donors (Lipinski definition) is 0. The van der Waals surface area contributed by atoms with E-state index in [2.05, 4.69) is 15.1 Å². The third-order valence-corrected chi connectivity index (χ3v) is 3.07. The predicted molar refractivity (Wildman–Crippen MR) is 71.4 cm³/mol. The van der Waals surface area contributed by atoms with E-state index in [1.807, 2.05) is 37.3 Å². The van der Waals surface area contributed by atoms with Gasteiger partial charge < -0.3 is 0 Å². The summed E-state index contributed by atoms with van der Waals surface area (Å²) in [6.45, 7) is 1.87. The zero-order chi connectivity index (χ0) is 12.7. The highest BCUT2D eigenvalue weighted by Crippen LogP contribution is 2.26. The first-order valence-corrected chi connectivity index (χ1v) is 6.06. The number of aromatic nitrogens is 4. The molecule has 4 nitrogen and oxygen atoms in total. The van der Waals surface area contributed by atoms with Crippen LogP contribution in [0.15, 0.2) is 30.3 Å². The lowest BCUT2D eigenvalue weighted by atomic mass is 10.3. The number of nitrogens with zero attached hydrogens (tertiary/aromatic N) is 4. The second-order valence-corrected chi connectivity index (χ2v) is 4.51. The van der Waals surface area contributed by atoms with Crippen molar-refractivity contribution in [2.75, 3.05) is 0 Å². The molecule has 2 aromatic heterocycles. The van der Waals surface area contributed by atoms with Gasteiger partial charge in [0.2, 0.25) is 5.28 Å². The van der Waals surface area contributed by atoms with Gasteiger partial charge in [-0.3, -0.25) is 0 Å². The minimum Gasteiger partial charge on any atom is -0.214 e. The van der Waals surface area contributed by atoms with Gasteiger partial charge in [0.1, 0.15) is 5.15 Å². The van der Waals surface area contributed by atoms with E-state index in [4.69, 9.17) is 23.2 Å². The third kappa shape index (κ3) is 1.74. The second-order valence-electron chi connectivity index (χ2n) is 3.81. The molecule has 0 N–H and O–H groups in total. The van der Waals surface area contributed by atoms with Gasteiger partial charge in [0.15, 0.2) is 5.65 Å². The van der Waals surface area contributed by atoms with Crippen molar-refractivity contribution in [3.05, 3.63) is 46.5 Å². The molecule has 0 aliphatic heterocycles. The van der Waals surface area contributed by atoms with Crippen molar-refractivity contribution in [3.8, 4) is 5.69 Å². The SMILES string of the molecule is Cc1nn(-c2ccccc2)c2nc(Cl)nc(Cl)c12. The number of fused-ring (bicyclic) bond motifs is 1. The standard InChI is InChI=1S/C12H8Cl2N4/c1-7-9-10(13)15-12(14)16-11(9)18(17-7)8-5-3-2-4-6-8/h2-6H,1H3. The molecular weight excluding hydrogens is 271 g/mol. The Morgan fingerprint density at radius 2 is 1.78 bits per heavy atom. The number of aryl methyl sites for hydroxylation is 1. The molecule has 3 aromatic rings. The van der Waals surface area contributed by atoms with E-state index in [1.165, 1.54) is 0 Å². The third-order valence-electron chi connectivity index (χ3n) is 2.63. The van der Waals surface area contributed by atoms with Gasteiger partial charge in [0.25, 0.3) is 0 Å². The highest BCUT2D eigenvalue weighted by molar-refractivity contribution is 6.35. The van der Waals surface area contributed by atoms with Gasteiger partial charge in [0.05, 0.1) is 16.8 Å². The van der Waals surface area contributed by atoms with E-state index in [0.29, 0.717) is 10.8 Å². The van der Waals surface area contributed by atoms with E-state index in [9.17, 15) is 0 Å². The first-order chi connectivity index (χ1) is 8.66. The van der Waals surface area contributed by atoms with Crippen LogP contribution in [-0.2, 0) is 0 Å². The molecule has 0 spiro atoms. The summed E-state index contributed by atoms with van der Waals surface area (Å²) >= 11 is 11.9. The van der Waals surface area contributed by atoms with Crippen molar-refractivity contribution in [1.29, 1.82) is 0 Å².